The summed E-state index contributed by atoms with van der Waals surface area (Å²) < 4.78 is 23.9. The topological polar surface area (TPSA) is 75.0 Å². The molecule has 1 aliphatic heterocycles. The normalized spacial score (nSPS) is 15.1. The van der Waals surface area contributed by atoms with Crippen molar-refractivity contribution in [3.63, 3.8) is 0 Å². The monoisotopic (exact) mass is 439 g/mol. The number of ether oxygens (including phenoxy) is 1. The number of hydrogen-bond acceptors (Lipinski definition) is 6. The maximum absolute atomic E-state index is 13.0. The molecule has 4 rings (SSSR count). The van der Waals surface area contributed by atoms with E-state index in [0.29, 0.717) is 24.4 Å². The average molecular weight is 439 g/mol. The first-order valence-corrected chi connectivity index (χ1v) is 10.7. The molecule has 32 heavy (non-hydrogen) atoms. The molecule has 1 amide bonds. The van der Waals surface area contributed by atoms with Crippen LogP contribution in [0.4, 0.5) is 10.1 Å². The van der Waals surface area contributed by atoms with Crippen molar-refractivity contribution >= 4 is 22.6 Å². The first-order chi connectivity index (χ1) is 15.5. The average Bonchev–Trinajstić information content (AvgIpc) is 2.77. The van der Waals surface area contributed by atoms with Gasteiger partial charge in [0, 0.05) is 49.9 Å². The molecule has 3 aromatic rings. The molecular weight excluding hydrogens is 413 g/mol. The van der Waals surface area contributed by atoms with Gasteiger partial charge in [-0.15, -0.1) is 0 Å². The minimum Gasteiger partial charge on any atom is -0.494 e. The van der Waals surface area contributed by atoms with Gasteiger partial charge in [-0.25, -0.2) is 9.18 Å². The zero-order valence-electron chi connectivity index (χ0n) is 18.0. The first kappa shape index (κ1) is 22.0. The fourth-order valence-electron chi connectivity index (χ4n) is 3.88. The Morgan fingerprint density at radius 3 is 2.50 bits per heavy atom. The highest BCUT2D eigenvalue weighted by molar-refractivity contribution is 5.92. The van der Waals surface area contributed by atoms with Crippen LogP contribution in [-0.2, 0) is 11.3 Å². The fraction of sp³-hybridized carbons (Fsp3) is 0.333. The van der Waals surface area contributed by atoms with Crippen LogP contribution in [0.3, 0.4) is 0 Å². The molecule has 1 aromatic heterocycles. The molecule has 0 aliphatic carbocycles. The van der Waals surface area contributed by atoms with Crippen LogP contribution in [0.5, 0.6) is 5.75 Å². The molecule has 1 saturated heterocycles. The van der Waals surface area contributed by atoms with E-state index in [-0.39, 0.29) is 23.9 Å². The second-order valence-corrected chi connectivity index (χ2v) is 7.79. The van der Waals surface area contributed by atoms with E-state index in [0.717, 1.165) is 42.9 Å². The third kappa shape index (κ3) is 5.52. The van der Waals surface area contributed by atoms with Gasteiger partial charge < -0.3 is 14.5 Å². The zero-order valence-corrected chi connectivity index (χ0v) is 18.0. The van der Waals surface area contributed by atoms with Crippen LogP contribution >= 0.6 is 0 Å². The summed E-state index contributed by atoms with van der Waals surface area (Å²) in [6.45, 7) is 6.41. The summed E-state index contributed by atoms with van der Waals surface area (Å²) in [7, 11) is 0. The van der Waals surface area contributed by atoms with Gasteiger partial charge in [-0.05, 0) is 55.0 Å². The summed E-state index contributed by atoms with van der Waals surface area (Å²) in [5.41, 5.74) is 1.66. The number of nitrogens with one attached hydrogen (secondary N) is 1. The summed E-state index contributed by atoms with van der Waals surface area (Å²) in [6, 6.07) is 12.7. The van der Waals surface area contributed by atoms with Crippen LogP contribution in [-0.4, -0.2) is 55.0 Å². The third-order valence-corrected chi connectivity index (χ3v) is 5.46. The molecule has 2 aromatic carbocycles. The van der Waals surface area contributed by atoms with Gasteiger partial charge in [0.25, 0.3) is 0 Å². The summed E-state index contributed by atoms with van der Waals surface area (Å²) in [5.74, 6) is 0.282. The quantitative estimate of drug-likeness (QED) is 0.571. The molecule has 1 aliphatic rings. The van der Waals surface area contributed by atoms with Crippen molar-refractivity contribution in [1.82, 2.24) is 9.80 Å². The Morgan fingerprint density at radius 1 is 1.06 bits per heavy atom. The number of amides is 1. The number of hydrogen-bond donors (Lipinski definition) is 1. The summed E-state index contributed by atoms with van der Waals surface area (Å²) in [6.07, 6.45) is 0. The predicted molar refractivity (Wildman–Crippen MR) is 120 cm³/mol. The second kappa shape index (κ2) is 9.93. The maximum atomic E-state index is 13.0. The van der Waals surface area contributed by atoms with E-state index in [4.69, 9.17) is 9.15 Å². The van der Waals surface area contributed by atoms with Gasteiger partial charge in [-0.3, -0.25) is 14.6 Å². The van der Waals surface area contributed by atoms with E-state index in [9.17, 15) is 14.0 Å². The van der Waals surface area contributed by atoms with Gasteiger partial charge in [0.2, 0.25) is 5.91 Å². The molecule has 0 spiro atoms. The number of fused-ring (bicyclic) bond motifs is 1. The van der Waals surface area contributed by atoms with Gasteiger partial charge in [-0.1, -0.05) is 0 Å². The van der Waals surface area contributed by atoms with Crippen LogP contribution in [0.1, 0.15) is 12.5 Å². The third-order valence-electron chi connectivity index (χ3n) is 5.46. The Hall–Kier alpha value is -3.23. The lowest BCUT2D eigenvalue weighted by atomic mass is 10.1. The lowest BCUT2D eigenvalue weighted by molar-refractivity contribution is -0.117. The largest absolute Gasteiger partial charge is 0.494 e. The van der Waals surface area contributed by atoms with Crippen molar-refractivity contribution in [1.29, 1.82) is 0 Å². The highest BCUT2D eigenvalue weighted by Gasteiger charge is 2.20. The summed E-state index contributed by atoms with van der Waals surface area (Å²) in [4.78, 5) is 28.6. The van der Waals surface area contributed by atoms with Gasteiger partial charge in [-0.2, -0.15) is 0 Å². The number of carbonyl (C=O) groups excluding carboxylic acids is 1. The van der Waals surface area contributed by atoms with Gasteiger partial charge >= 0.3 is 5.63 Å². The van der Waals surface area contributed by atoms with Crippen molar-refractivity contribution in [3.05, 3.63) is 70.3 Å². The van der Waals surface area contributed by atoms with Crippen molar-refractivity contribution < 1.29 is 18.3 Å². The van der Waals surface area contributed by atoms with Crippen molar-refractivity contribution in [3.8, 4) is 5.75 Å². The molecule has 0 saturated carbocycles. The Morgan fingerprint density at radius 2 is 1.78 bits per heavy atom. The molecule has 2 heterocycles. The Balaban J connectivity index is 1.35. The zero-order chi connectivity index (χ0) is 22.5. The first-order valence-electron chi connectivity index (χ1n) is 10.7. The lowest BCUT2D eigenvalue weighted by Gasteiger charge is -2.34. The van der Waals surface area contributed by atoms with Crippen LogP contribution in [0.2, 0.25) is 0 Å². The Bertz CT molecular complexity index is 1140. The standard InChI is InChI=1S/C24H26FN3O4/c1-2-31-20-7-8-22-21(14-20)17(13-24(30)32-22)15-27-9-11-28(12-10-27)16-23(29)26-19-5-3-18(25)4-6-19/h3-8,13-14H,2,9-12,15-16H2,1H3,(H,26,29). The van der Waals surface area contributed by atoms with Crippen molar-refractivity contribution in [2.75, 3.05) is 44.6 Å². The molecular formula is C24H26FN3O4. The number of rotatable bonds is 7. The molecule has 0 radical (unpaired) electrons. The van der Waals surface area contributed by atoms with E-state index in [1.54, 1.807) is 30.3 Å². The van der Waals surface area contributed by atoms with Gasteiger partial charge in [0.1, 0.15) is 17.1 Å². The van der Waals surface area contributed by atoms with Crippen molar-refractivity contribution in [2.45, 2.75) is 13.5 Å². The van der Waals surface area contributed by atoms with Gasteiger partial charge in [0.15, 0.2) is 0 Å². The highest BCUT2D eigenvalue weighted by Crippen LogP contribution is 2.24. The van der Waals surface area contributed by atoms with Crippen LogP contribution in [0, 0.1) is 5.82 Å². The van der Waals surface area contributed by atoms with E-state index < -0.39 is 0 Å². The van der Waals surface area contributed by atoms with Gasteiger partial charge in [0.05, 0.1) is 13.2 Å². The molecule has 168 valence electrons. The number of benzene rings is 2. The van der Waals surface area contributed by atoms with E-state index in [1.807, 2.05) is 13.0 Å². The molecule has 7 nitrogen and oxygen atoms in total. The number of carbonyl (C=O) groups is 1. The van der Waals surface area contributed by atoms with Crippen LogP contribution < -0.4 is 15.7 Å². The minimum absolute atomic E-state index is 0.125. The molecule has 8 heteroatoms. The minimum atomic E-state index is -0.368. The van der Waals surface area contributed by atoms with E-state index >= 15 is 0 Å². The van der Waals surface area contributed by atoms with Crippen LogP contribution in [0.15, 0.2) is 57.7 Å². The maximum Gasteiger partial charge on any atom is 0.336 e. The molecule has 0 bridgehead atoms. The lowest BCUT2D eigenvalue weighted by Crippen LogP contribution is -2.48. The SMILES string of the molecule is CCOc1ccc2oc(=O)cc(CN3CCN(CC(=O)Nc4ccc(F)cc4)CC3)c2c1. The highest BCUT2D eigenvalue weighted by atomic mass is 19.1. The Labute approximate surface area is 185 Å². The smallest absolute Gasteiger partial charge is 0.336 e. The Kier molecular flexibility index (Phi) is 6.82. The molecule has 1 fully saturated rings. The number of halogens is 1. The van der Waals surface area contributed by atoms with E-state index in [2.05, 4.69) is 15.1 Å². The fourth-order valence-corrected chi connectivity index (χ4v) is 3.88. The molecule has 1 N–H and O–H groups in total. The summed E-state index contributed by atoms with van der Waals surface area (Å²) >= 11 is 0. The second-order valence-electron chi connectivity index (χ2n) is 7.79. The van der Waals surface area contributed by atoms with Crippen LogP contribution in [0.25, 0.3) is 11.0 Å². The number of piperazine rings is 1. The molecule has 0 atom stereocenters. The number of nitrogens with zero attached hydrogens (tertiary/aromatic N) is 2. The van der Waals surface area contributed by atoms with E-state index in [1.165, 1.54) is 12.1 Å². The van der Waals surface area contributed by atoms with Crippen molar-refractivity contribution in [2.24, 2.45) is 0 Å². The predicted octanol–water partition coefficient (Wildman–Crippen LogP) is 3.09. The number of anilines is 1. The summed E-state index contributed by atoms with van der Waals surface area (Å²) in [5, 5.41) is 3.66. The molecule has 0 unspecified atom stereocenters.